The van der Waals surface area contributed by atoms with Gasteiger partial charge in [-0.2, -0.15) is 0 Å². The highest BCUT2D eigenvalue weighted by atomic mass is 16.5. The van der Waals surface area contributed by atoms with E-state index in [-0.39, 0.29) is 0 Å². The fourth-order valence-electron chi connectivity index (χ4n) is 3.51. The highest BCUT2D eigenvalue weighted by molar-refractivity contribution is 5.21. The first-order valence-electron chi connectivity index (χ1n) is 7.42. The number of likely N-dealkylation sites (tertiary alicyclic amines) is 1. The summed E-state index contributed by atoms with van der Waals surface area (Å²) in [5.74, 6) is 0.695. The summed E-state index contributed by atoms with van der Waals surface area (Å²) in [6, 6.07) is 12.1. The summed E-state index contributed by atoms with van der Waals surface area (Å²) in [7, 11) is 2.08. The molecule has 104 valence electrons. The Kier molecular flexibility index (Phi) is 4.16. The van der Waals surface area contributed by atoms with E-state index in [9.17, 15) is 0 Å². The molecular formula is C16H24N2O. The van der Waals surface area contributed by atoms with Crippen LogP contribution in [0.4, 0.5) is 0 Å². The van der Waals surface area contributed by atoms with Crippen LogP contribution >= 0.6 is 0 Å². The normalized spacial score (nSPS) is 32.6. The molecule has 3 heteroatoms. The number of nitrogens with zero attached hydrogens (tertiary/aromatic N) is 1. The molecule has 3 rings (SSSR count). The van der Waals surface area contributed by atoms with Gasteiger partial charge < -0.3 is 10.1 Å². The van der Waals surface area contributed by atoms with Gasteiger partial charge in [0.15, 0.2) is 0 Å². The van der Waals surface area contributed by atoms with E-state index in [1.165, 1.54) is 25.1 Å². The van der Waals surface area contributed by atoms with E-state index < -0.39 is 0 Å². The van der Waals surface area contributed by atoms with Crippen LogP contribution in [0.1, 0.15) is 24.3 Å². The molecule has 2 aliphatic heterocycles. The third kappa shape index (κ3) is 2.83. The zero-order chi connectivity index (χ0) is 13.1. The number of likely N-dealkylation sites (N-methyl/N-ethyl adjacent to an activating group) is 1. The summed E-state index contributed by atoms with van der Waals surface area (Å²) >= 11 is 0. The van der Waals surface area contributed by atoms with E-state index in [1.54, 1.807) is 0 Å². The van der Waals surface area contributed by atoms with Gasteiger partial charge in [-0.05, 0) is 37.9 Å². The number of hydrogen-bond acceptors (Lipinski definition) is 3. The predicted octanol–water partition coefficient (Wildman–Crippen LogP) is 1.85. The van der Waals surface area contributed by atoms with Gasteiger partial charge in [-0.1, -0.05) is 30.3 Å². The van der Waals surface area contributed by atoms with Crippen LogP contribution in [-0.2, 0) is 4.74 Å². The van der Waals surface area contributed by atoms with Crippen molar-refractivity contribution < 1.29 is 4.74 Å². The molecule has 2 aliphatic rings. The number of nitrogens with one attached hydrogen (secondary N) is 1. The van der Waals surface area contributed by atoms with Gasteiger partial charge in [-0.15, -0.1) is 0 Å². The standard InChI is InChI=1S/C16H24N2O/c1-17-15-8-10-19-12-16(15)18-9-7-14(11-18)13-5-3-2-4-6-13/h2-6,14-17H,7-12H2,1H3. The second-order valence-corrected chi connectivity index (χ2v) is 5.72. The molecule has 0 aliphatic carbocycles. The molecular weight excluding hydrogens is 236 g/mol. The maximum Gasteiger partial charge on any atom is 0.0637 e. The Morgan fingerprint density at radius 1 is 1.21 bits per heavy atom. The highest BCUT2D eigenvalue weighted by Crippen LogP contribution is 2.30. The minimum atomic E-state index is 0.549. The fraction of sp³-hybridized carbons (Fsp3) is 0.625. The summed E-state index contributed by atoms with van der Waals surface area (Å²) in [6.45, 7) is 4.16. The molecule has 2 fully saturated rings. The van der Waals surface area contributed by atoms with Crippen molar-refractivity contribution in [2.24, 2.45) is 0 Å². The molecule has 0 bridgehead atoms. The monoisotopic (exact) mass is 260 g/mol. The number of ether oxygens (including phenoxy) is 1. The van der Waals surface area contributed by atoms with Crippen LogP contribution in [0.15, 0.2) is 30.3 Å². The molecule has 3 nitrogen and oxygen atoms in total. The zero-order valence-corrected chi connectivity index (χ0v) is 11.7. The largest absolute Gasteiger partial charge is 0.380 e. The van der Waals surface area contributed by atoms with Gasteiger partial charge in [0.25, 0.3) is 0 Å². The number of benzene rings is 1. The minimum absolute atomic E-state index is 0.549. The molecule has 19 heavy (non-hydrogen) atoms. The first-order chi connectivity index (χ1) is 9.38. The van der Waals surface area contributed by atoms with Crippen LogP contribution in [0.5, 0.6) is 0 Å². The summed E-state index contributed by atoms with van der Waals surface area (Å²) < 4.78 is 5.69. The van der Waals surface area contributed by atoms with Crippen molar-refractivity contribution in [3.8, 4) is 0 Å². The minimum Gasteiger partial charge on any atom is -0.380 e. The van der Waals surface area contributed by atoms with E-state index in [2.05, 4.69) is 47.6 Å². The quantitative estimate of drug-likeness (QED) is 0.897. The van der Waals surface area contributed by atoms with Crippen molar-refractivity contribution in [3.63, 3.8) is 0 Å². The van der Waals surface area contributed by atoms with Gasteiger partial charge in [0, 0.05) is 25.2 Å². The SMILES string of the molecule is CNC1CCOCC1N1CCC(c2ccccc2)C1. The third-order valence-corrected chi connectivity index (χ3v) is 4.66. The molecule has 3 unspecified atom stereocenters. The molecule has 1 aromatic rings. The van der Waals surface area contributed by atoms with E-state index >= 15 is 0 Å². The first kappa shape index (κ1) is 13.1. The van der Waals surface area contributed by atoms with Gasteiger partial charge in [0.05, 0.1) is 6.61 Å². The molecule has 3 atom stereocenters. The van der Waals surface area contributed by atoms with E-state index in [1.807, 2.05) is 0 Å². The van der Waals surface area contributed by atoms with Gasteiger partial charge in [0.2, 0.25) is 0 Å². The summed E-state index contributed by atoms with van der Waals surface area (Å²) in [5, 5.41) is 3.46. The lowest BCUT2D eigenvalue weighted by Crippen LogP contribution is -2.53. The van der Waals surface area contributed by atoms with Gasteiger partial charge in [-0.3, -0.25) is 4.90 Å². The maximum absolute atomic E-state index is 5.69. The Morgan fingerprint density at radius 3 is 2.84 bits per heavy atom. The predicted molar refractivity (Wildman–Crippen MR) is 77.4 cm³/mol. The topological polar surface area (TPSA) is 24.5 Å². The summed E-state index contributed by atoms with van der Waals surface area (Å²) in [4.78, 5) is 2.62. The average molecular weight is 260 g/mol. The summed E-state index contributed by atoms with van der Waals surface area (Å²) in [6.07, 6.45) is 2.41. The third-order valence-electron chi connectivity index (χ3n) is 4.66. The van der Waals surface area contributed by atoms with E-state index in [0.717, 1.165) is 19.6 Å². The molecule has 0 spiro atoms. The fourth-order valence-corrected chi connectivity index (χ4v) is 3.51. The number of hydrogen-bond donors (Lipinski definition) is 1. The van der Waals surface area contributed by atoms with Crippen molar-refractivity contribution in [2.75, 3.05) is 33.4 Å². The second kappa shape index (κ2) is 6.04. The molecule has 2 saturated heterocycles. The van der Waals surface area contributed by atoms with Crippen LogP contribution in [0.2, 0.25) is 0 Å². The smallest absolute Gasteiger partial charge is 0.0637 e. The molecule has 1 aromatic carbocycles. The molecule has 1 N–H and O–H groups in total. The van der Waals surface area contributed by atoms with Crippen LogP contribution in [0.25, 0.3) is 0 Å². The van der Waals surface area contributed by atoms with Crippen molar-refractivity contribution >= 4 is 0 Å². The second-order valence-electron chi connectivity index (χ2n) is 5.72. The Bertz CT molecular complexity index is 395. The lowest BCUT2D eigenvalue weighted by Gasteiger charge is -2.37. The maximum atomic E-state index is 5.69. The van der Waals surface area contributed by atoms with Gasteiger partial charge in [0.1, 0.15) is 0 Å². The number of rotatable bonds is 3. The zero-order valence-electron chi connectivity index (χ0n) is 11.7. The van der Waals surface area contributed by atoms with Gasteiger partial charge in [-0.25, -0.2) is 0 Å². The Labute approximate surface area is 115 Å². The molecule has 2 heterocycles. The van der Waals surface area contributed by atoms with Crippen LogP contribution < -0.4 is 5.32 Å². The van der Waals surface area contributed by atoms with Crippen LogP contribution in [-0.4, -0.2) is 50.3 Å². The van der Waals surface area contributed by atoms with Crippen molar-refractivity contribution in [1.29, 1.82) is 0 Å². The van der Waals surface area contributed by atoms with Crippen LogP contribution in [0.3, 0.4) is 0 Å². The Hall–Kier alpha value is -0.900. The highest BCUT2D eigenvalue weighted by Gasteiger charge is 2.34. The Morgan fingerprint density at radius 2 is 2.05 bits per heavy atom. The van der Waals surface area contributed by atoms with Crippen molar-refractivity contribution in [2.45, 2.75) is 30.8 Å². The van der Waals surface area contributed by atoms with Crippen molar-refractivity contribution in [1.82, 2.24) is 10.2 Å². The van der Waals surface area contributed by atoms with E-state index in [0.29, 0.717) is 18.0 Å². The summed E-state index contributed by atoms with van der Waals surface area (Å²) in [5.41, 5.74) is 1.49. The molecule has 0 aromatic heterocycles. The lowest BCUT2D eigenvalue weighted by atomic mass is 9.98. The average Bonchev–Trinajstić information content (AvgIpc) is 2.98. The molecule has 0 radical (unpaired) electrons. The van der Waals surface area contributed by atoms with Crippen molar-refractivity contribution in [3.05, 3.63) is 35.9 Å². The Balaban J connectivity index is 1.65. The van der Waals surface area contributed by atoms with Gasteiger partial charge >= 0.3 is 0 Å². The van der Waals surface area contributed by atoms with E-state index in [4.69, 9.17) is 4.74 Å². The lowest BCUT2D eigenvalue weighted by molar-refractivity contribution is 0.00655. The molecule has 0 saturated carbocycles. The van der Waals surface area contributed by atoms with Crippen LogP contribution in [0, 0.1) is 0 Å². The molecule has 0 amide bonds. The first-order valence-corrected chi connectivity index (χ1v) is 7.42.